The molecule has 26 heavy (non-hydrogen) atoms. The van der Waals surface area contributed by atoms with Crippen LogP contribution in [0.5, 0.6) is 0 Å². The summed E-state index contributed by atoms with van der Waals surface area (Å²) >= 11 is 1.30. The van der Waals surface area contributed by atoms with Crippen LogP contribution >= 0.6 is 11.8 Å². The van der Waals surface area contributed by atoms with E-state index >= 15 is 0 Å². The number of benzene rings is 1. The third kappa shape index (κ3) is 4.79. The molecule has 0 bridgehead atoms. The Morgan fingerprint density at radius 1 is 1.23 bits per heavy atom. The molecular weight excluding hydrogens is 363 g/mol. The van der Waals surface area contributed by atoms with Crippen molar-refractivity contribution in [2.75, 3.05) is 37.6 Å². The molecule has 0 saturated carbocycles. The van der Waals surface area contributed by atoms with E-state index in [-0.39, 0.29) is 10.5 Å². The molecule has 4 nitrogen and oxygen atoms in total. The number of rotatable bonds is 5. The number of carbonyl (C=O) groups is 1. The summed E-state index contributed by atoms with van der Waals surface area (Å²) in [5.41, 5.74) is 0.944. The third-order valence-corrected chi connectivity index (χ3v) is 5.98. The number of nitrogens with zero attached hydrogens (tertiary/aromatic N) is 3. The van der Waals surface area contributed by atoms with Gasteiger partial charge in [-0.1, -0.05) is 17.8 Å². The number of hydrogen-bond acceptors (Lipinski definition) is 4. The summed E-state index contributed by atoms with van der Waals surface area (Å²) in [6.45, 7) is 5.95. The molecule has 142 valence electrons. The Morgan fingerprint density at radius 3 is 2.58 bits per heavy atom. The molecule has 0 aromatic heterocycles. The lowest BCUT2D eigenvalue weighted by Crippen LogP contribution is -2.46. The van der Waals surface area contributed by atoms with Crippen LogP contribution in [-0.2, 0) is 6.18 Å². The standard InChI is InChI=1S/C18H22F3N3OS/c1-13-16(26-17(25)22-13)6-3-7-23-8-10-24(11-9-23)15-5-2-4-14(12-15)18(19,20)21/h2,4-5,12,16H,3,6-11H2,1H3. The molecule has 0 N–H and O–H groups in total. The van der Waals surface area contributed by atoms with E-state index in [4.69, 9.17) is 0 Å². The summed E-state index contributed by atoms with van der Waals surface area (Å²) in [6.07, 6.45) is -2.39. The van der Waals surface area contributed by atoms with Gasteiger partial charge in [0, 0.05) is 37.6 Å². The van der Waals surface area contributed by atoms with Crippen molar-refractivity contribution < 1.29 is 18.0 Å². The number of thioether (sulfide) groups is 1. The molecule has 0 spiro atoms. The van der Waals surface area contributed by atoms with E-state index in [9.17, 15) is 18.0 Å². The van der Waals surface area contributed by atoms with Gasteiger partial charge in [-0.05, 0) is 44.5 Å². The number of aliphatic imine (C=N–C) groups is 1. The summed E-state index contributed by atoms with van der Waals surface area (Å²) in [7, 11) is 0. The maximum atomic E-state index is 12.9. The largest absolute Gasteiger partial charge is 0.416 e. The van der Waals surface area contributed by atoms with Crippen LogP contribution in [-0.4, -0.2) is 53.8 Å². The lowest BCUT2D eigenvalue weighted by molar-refractivity contribution is -0.137. The highest BCUT2D eigenvalue weighted by atomic mass is 32.2. The molecule has 0 aliphatic carbocycles. The van der Waals surface area contributed by atoms with Crippen LogP contribution < -0.4 is 4.90 Å². The first kappa shape index (κ1) is 19.2. The second-order valence-electron chi connectivity index (χ2n) is 6.64. The van der Waals surface area contributed by atoms with Gasteiger partial charge >= 0.3 is 11.4 Å². The molecule has 0 radical (unpaired) electrons. The zero-order chi connectivity index (χ0) is 18.7. The Balaban J connectivity index is 1.45. The molecule has 1 aromatic carbocycles. The number of alkyl halides is 3. The SMILES string of the molecule is CC1=NC(=O)SC1CCCN1CCN(c2cccc(C(F)(F)F)c2)CC1. The maximum absolute atomic E-state index is 12.9. The number of amides is 1. The first-order valence-electron chi connectivity index (χ1n) is 8.73. The highest BCUT2D eigenvalue weighted by Gasteiger charge is 2.31. The van der Waals surface area contributed by atoms with Crippen LogP contribution in [0.2, 0.25) is 0 Å². The van der Waals surface area contributed by atoms with E-state index in [0.717, 1.165) is 57.3 Å². The summed E-state index contributed by atoms with van der Waals surface area (Å²) in [6, 6.07) is 5.54. The van der Waals surface area contributed by atoms with Crippen molar-refractivity contribution >= 4 is 28.4 Å². The van der Waals surface area contributed by atoms with Crippen LogP contribution in [0.25, 0.3) is 0 Å². The molecule has 8 heteroatoms. The molecule has 1 fully saturated rings. The molecule has 1 saturated heterocycles. The second kappa shape index (κ2) is 8.00. The van der Waals surface area contributed by atoms with Crippen molar-refractivity contribution in [3.05, 3.63) is 29.8 Å². The van der Waals surface area contributed by atoms with Crippen molar-refractivity contribution in [3.8, 4) is 0 Å². The van der Waals surface area contributed by atoms with Crippen LogP contribution in [0.4, 0.5) is 23.7 Å². The van der Waals surface area contributed by atoms with Crippen LogP contribution in [0, 0.1) is 0 Å². The van der Waals surface area contributed by atoms with Gasteiger partial charge in [0.1, 0.15) is 0 Å². The smallest absolute Gasteiger partial charge is 0.369 e. The summed E-state index contributed by atoms with van der Waals surface area (Å²) in [5.74, 6) is 0. The van der Waals surface area contributed by atoms with Crippen molar-refractivity contribution in [1.29, 1.82) is 0 Å². The number of halogens is 3. The minimum absolute atomic E-state index is 0.0952. The average molecular weight is 385 g/mol. The second-order valence-corrected chi connectivity index (χ2v) is 7.80. The third-order valence-electron chi connectivity index (χ3n) is 4.83. The number of anilines is 1. The Kier molecular flexibility index (Phi) is 5.92. The summed E-state index contributed by atoms with van der Waals surface area (Å²) in [5, 5.41) is 0.107. The lowest BCUT2D eigenvalue weighted by Gasteiger charge is -2.36. The Labute approximate surface area is 155 Å². The average Bonchev–Trinajstić information content (AvgIpc) is 2.92. The molecule has 2 aliphatic heterocycles. The fraction of sp³-hybridized carbons (Fsp3) is 0.556. The minimum Gasteiger partial charge on any atom is -0.369 e. The van der Waals surface area contributed by atoms with Gasteiger partial charge in [0.05, 0.1) is 10.8 Å². The van der Waals surface area contributed by atoms with E-state index in [2.05, 4.69) is 9.89 Å². The van der Waals surface area contributed by atoms with E-state index in [1.54, 1.807) is 6.07 Å². The van der Waals surface area contributed by atoms with Crippen molar-refractivity contribution in [1.82, 2.24) is 4.90 Å². The van der Waals surface area contributed by atoms with Crippen molar-refractivity contribution in [2.24, 2.45) is 4.99 Å². The lowest BCUT2D eigenvalue weighted by atomic mass is 10.1. The zero-order valence-corrected chi connectivity index (χ0v) is 15.4. The normalized spacial score (nSPS) is 22.0. The predicted octanol–water partition coefficient (Wildman–Crippen LogP) is 4.30. The number of hydrogen-bond donors (Lipinski definition) is 0. The molecule has 1 amide bonds. The zero-order valence-electron chi connectivity index (χ0n) is 14.6. The summed E-state index contributed by atoms with van der Waals surface area (Å²) < 4.78 is 38.6. The van der Waals surface area contributed by atoms with Crippen LogP contribution in [0.3, 0.4) is 0 Å². The van der Waals surface area contributed by atoms with E-state index < -0.39 is 11.7 Å². The monoisotopic (exact) mass is 385 g/mol. The first-order valence-corrected chi connectivity index (χ1v) is 9.61. The fourth-order valence-electron chi connectivity index (χ4n) is 3.33. The van der Waals surface area contributed by atoms with Gasteiger partial charge in [0.15, 0.2) is 0 Å². The highest BCUT2D eigenvalue weighted by Crippen LogP contribution is 2.32. The van der Waals surface area contributed by atoms with Crippen LogP contribution in [0.15, 0.2) is 29.3 Å². The Hall–Kier alpha value is -1.54. The van der Waals surface area contributed by atoms with Gasteiger partial charge in [0.2, 0.25) is 0 Å². The topological polar surface area (TPSA) is 35.9 Å². The molecule has 2 heterocycles. The van der Waals surface area contributed by atoms with Gasteiger partial charge in [-0.2, -0.15) is 13.2 Å². The van der Waals surface area contributed by atoms with Crippen molar-refractivity contribution in [2.45, 2.75) is 31.2 Å². The fourth-order valence-corrected chi connectivity index (χ4v) is 4.27. The molecule has 1 unspecified atom stereocenters. The molecular formula is C18H22F3N3OS. The Morgan fingerprint density at radius 2 is 1.96 bits per heavy atom. The maximum Gasteiger partial charge on any atom is 0.416 e. The van der Waals surface area contributed by atoms with E-state index in [1.807, 2.05) is 11.8 Å². The van der Waals surface area contributed by atoms with Gasteiger partial charge in [0.25, 0.3) is 0 Å². The van der Waals surface area contributed by atoms with Gasteiger partial charge in [-0.3, -0.25) is 9.69 Å². The highest BCUT2D eigenvalue weighted by molar-refractivity contribution is 8.15. The van der Waals surface area contributed by atoms with Crippen molar-refractivity contribution in [3.63, 3.8) is 0 Å². The Bertz CT molecular complexity index is 685. The quantitative estimate of drug-likeness (QED) is 0.757. The van der Waals surface area contributed by atoms with Gasteiger partial charge < -0.3 is 4.90 Å². The molecule has 2 aliphatic rings. The number of carbonyl (C=O) groups excluding carboxylic acids is 1. The molecule has 3 rings (SSSR count). The summed E-state index contributed by atoms with van der Waals surface area (Å²) in [4.78, 5) is 19.6. The van der Waals surface area contributed by atoms with Crippen LogP contribution in [0.1, 0.15) is 25.3 Å². The van der Waals surface area contributed by atoms with Gasteiger partial charge in [-0.25, -0.2) is 4.99 Å². The predicted molar refractivity (Wildman–Crippen MR) is 99.2 cm³/mol. The number of piperazine rings is 1. The first-order chi connectivity index (χ1) is 12.3. The van der Waals surface area contributed by atoms with Gasteiger partial charge in [-0.15, -0.1) is 0 Å². The molecule has 1 atom stereocenters. The molecule has 1 aromatic rings. The minimum atomic E-state index is -4.31. The van der Waals surface area contributed by atoms with E-state index in [1.165, 1.54) is 23.9 Å². The van der Waals surface area contributed by atoms with E-state index in [0.29, 0.717) is 5.69 Å².